The first-order valence-electron chi connectivity index (χ1n) is 8.89. The molecule has 0 aliphatic carbocycles. The summed E-state index contributed by atoms with van der Waals surface area (Å²) in [6, 6.07) is 7.91. The van der Waals surface area contributed by atoms with Gasteiger partial charge in [-0.1, -0.05) is 26.0 Å². The summed E-state index contributed by atoms with van der Waals surface area (Å²) in [4.78, 5) is 15.9. The minimum absolute atomic E-state index is 0.0245. The van der Waals surface area contributed by atoms with Crippen molar-refractivity contribution in [2.45, 2.75) is 52.6 Å². The molecule has 25 heavy (non-hydrogen) atoms. The van der Waals surface area contributed by atoms with Crippen LogP contribution in [-0.2, 0) is 11.3 Å². The van der Waals surface area contributed by atoms with E-state index in [0.717, 1.165) is 30.8 Å². The van der Waals surface area contributed by atoms with E-state index in [-0.39, 0.29) is 11.9 Å². The predicted octanol–water partition coefficient (Wildman–Crippen LogP) is 3.36. The number of hydrogen-bond acceptors (Lipinski definition) is 4. The molecule has 0 fully saturated rings. The molecule has 0 radical (unpaired) electrons. The summed E-state index contributed by atoms with van der Waals surface area (Å²) in [6.45, 7) is 7.79. The van der Waals surface area contributed by atoms with E-state index in [1.54, 1.807) is 11.0 Å². The molecule has 6 heteroatoms. The molecule has 136 valence electrons. The number of nitrogens with one attached hydrogen (secondary N) is 1. The molecular weight excluding hydrogens is 316 g/mol. The monoisotopic (exact) mass is 344 g/mol. The minimum Gasteiger partial charge on any atom is -0.494 e. The SMILES string of the molecule is CC(C)CCOc1ccc([C@@H](C)NC(=O)CCCn2cncn2)cc1. The Kier molecular flexibility index (Phi) is 7.44. The lowest BCUT2D eigenvalue weighted by Gasteiger charge is -2.15. The van der Waals surface area contributed by atoms with Gasteiger partial charge in [0.1, 0.15) is 18.4 Å². The van der Waals surface area contributed by atoms with Crippen molar-refractivity contribution < 1.29 is 9.53 Å². The second-order valence-electron chi connectivity index (χ2n) is 6.65. The number of benzene rings is 1. The number of carbonyl (C=O) groups excluding carboxylic acids is 1. The molecule has 0 aliphatic heterocycles. The van der Waals surface area contributed by atoms with E-state index in [2.05, 4.69) is 29.2 Å². The molecule has 1 atom stereocenters. The fourth-order valence-corrected chi connectivity index (χ4v) is 2.41. The molecule has 0 saturated heterocycles. The summed E-state index contributed by atoms with van der Waals surface area (Å²) >= 11 is 0. The molecule has 1 aromatic heterocycles. The lowest BCUT2D eigenvalue weighted by Crippen LogP contribution is -2.26. The van der Waals surface area contributed by atoms with Gasteiger partial charge in [-0.3, -0.25) is 9.48 Å². The summed E-state index contributed by atoms with van der Waals surface area (Å²) < 4.78 is 7.45. The van der Waals surface area contributed by atoms with Crippen molar-refractivity contribution in [1.29, 1.82) is 0 Å². The van der Waals surface area contributed by atoms with Gasteiger partial charge in [-0.25, -0.2) is 4.98 Å². The van der Waals surface area contributed by atoms with Crippen molar-refractivity contribution in [1.82, 2.24) is 20.1 Å². The van der Waals surface area contributed by atoms with Gasteiger partial charge in [0.05, 0.1) is 12.6 Å². The molecule has 1 aromatic carbocycles. The molecular formula is C19H28N4O2. The maximum absolute atomic E-state index is 12.0. The molecule has 1 amide bonds. The molecule has 6 nitrogen and oxygen atoms in total. The number of amides is 1. The number of nitrogens with zero attached hydrogens (tertiary/aromatic N) is 3. The number of rotatable bonds is 10. The van der Waals surface area contributed by atoms with Crippen molar-refractivity contribution in [2.24, 2.45) is 5.92 Å². The van der Waals surface area contributed by atoms with Crippen molar-refractivity contribution >= 4 is 5.91 Å². The second-order valence-corrected chi connectivity index (χ2v) is 6.65. The normalized spacial score (nSPS) is 12.2. The Morgan fingerprint density at radius 1 is 1.24 bits per heavy atom. The molecule has 2 rings (SSSR count). The smallest absolute Gasteiger partial charge is 0.220 e. The van der Waals surface area contributed by atoms with Crippen LogP contribution in [0.15, 0.2) is 36.9 Å². The van der Waals surface area contributed by atoms with Gasteiger partial charge in [-0.2, -0.15) is 5.10 Å². The highest BCUT2D eigenvalue weighted by atomic mass is 16.5. The van der Waals surface area contributed by atoms with E-state index < -0.39 is 0 Å². The van der Waals surface area contributed by atoms with E-state index in [1.807, 2.05) is 31.2 Å². The van der Waals surface area contributed by atoms with Crippen LogP contribution in [0.5, 0.6) is 5.75 Å². The Morgan fingerprint density at radius 3 is 2.64 bits per heavy atom. The fraction of sp³-hybridized carbons (Fsp3) is 0.526. The molecule has 0 unspecified atom stereocenters. The van der Waals surface area contributed by atoms with Gasteiger partial charge < -0.3 is 10.1 Å². The first kappa shape index (κ1) is 19.0. The number of aromatic nitrogens is 3. The molecule has 1 heterocycles. The van der Waals surface area contributed by atoms with Gasteiger partial charge in [0.15, 0.2) is 0 Å². The lowest BCUT2D eigenvalue weighted by molar-refractivity contribution is -0.121. The third-order valence-corrected chi connectivity index (χ3v) is 3.98. The van der Waals surface area contributed by atoms with Crippen LogP contribution in [0.25, 0.3) is 0 Å². The Labute approximate surface area is 149 Å². The van der Waals surface area contributed by atoms with Crippen LogP contribution in [-0.4, -0.2) is 27.3 Å². The molecule has 2 aromatic rings. The third kappa shape index (κ3) is 6.95. The van der Waals surface area contributed by atoms with Crippen LogP contribution in [0.1, 0.15) is 51.6 Å². The maximum atomic E-state index is 12.0. The van der Waals surface area contributed by atoms with Crippen LogP contribution in [0, 0.1) is 5.92 Å². The first-order valence-corrected chi connectivity index (χ1v) is 8.89. The van der Waals surface area contributed by atoms with Crippen molar-refractivity contribution in [2.75, 3.05) is 6.61 Å². The molecule has 1 N–H and O–H groups in total. The Bertz CT molecular complexity index is 623. The van der Waals surface area contributed by atoms with Crippen molar-refractivity contribution in [3.63, 3.8) is 0 Å². The number of hydrogen-bond donors (Lipinski definition) is 1. The zero-order chi connectivity index (χ0) is 18.1. The largest absolute Gasteiger partial charge is 0.494 e. The van der Waals surface area contributed by atoms with Crippen LogP contribution in [0.4, 0.5) is 0 Å². The summed E-state index contributed by atoms with van der Waals surface area (Å²) in [5.74, 6) is 1.56. The fourth-order valence-electron chi connectivity index (χ4n) is 2.41. The molecule has 0 bridgehead atoms. The summed E-state index contributed by atoms with van der Waals surface area (Å²) in [7, 11) is 0. The van der Waals surface area contributed by atoms with Crippen LogP contribution < -0.4 is 10.1 Å². The summed E-state index contributed by atoms with van der Waals surface area (Å²) in [6.07, 6.45) is 5.41. The Morgan fingerprint density at radius 2 is 2.00 bits per heavy atom. The van der Waals surface area contributed by atoms with Gasteiger partial charge in [0.25, 0.3) is 0 Å². The highest BCUT2D eigenvalue weighted by molar-refractivity contribution is 5.76. The van der Waals surface area contributed by atoms with Crippen molar-refractivity contribution in [3.8, 4) is 5.75 Å². The Hall–Kier alpha value is -2.37. The van der Waals surface area contributed by atoms with Gasteiger partial charge in [-0.05, 0) is 43.4 Å². The first-order chi connectivity index (χ1) is 12.0. The average molecular weight is 344 g/mol. The number of ether oxygens (including phenoxy) is 1. The summed E-state index contributed by atoms with van der Waals surface area (Å²) in [5.41, 5.74) is 1.07. The van der Waals surface area contributed by atoms with Gasteiger partial charge in [0, 0.05) is 13.0 Å². The van der Waals surface area contributed by atoms with E-state index >= 15 is 0 Å². The lowest BCUT2D eigenvalue weighted by atomic mass is 10.1. The van der Waals surface area contributed by atoms with Gasteiger partial charge in [-0.15, -0.1) is 0 Å². The van der Waals surface area contributed by atoms with Gasteiger partial charge in [0.2, 0.25) is 5.91 Å². The average Bonchev–Trinajstić information content (AvgIpc) is 3.08. The zero-order valence-corrected chi connectivity index (χ0v) is 15.3. The van der Waals surface area contributed by atoms with E-state index in [0.29, 0.717) is 18.9 Å². The standard InChI is InChI=1S/C19H28N4O2/c1-15(2)10-12-25-18-8-6-17(7-9-18)16(3)22-19(24)5-4-11-23-14-20-13-21-23/h6-9,13-16H,4-5,10-12H2,1-3H3,(H,22,24)/t16-/m1/s1. The maximum Gasteiger partial charge on any atom is 0.220 e. The predicted molar refractivity (Wildman–Crippen MR) is 97.2 cm³/mol. The summed E-state index contributed by atoms with van der Waals surface area (Å²) in [5, 5.41) is 7.05. The molecule has 0 spiro atoms. The molecule has 0 saturated carbocycles. The molecule has 0 aliphatic rings. The number of aryl methyl sites for hydroxylation is 1. The van der Waals surface area contributed by atoms with E-state index in [4.69, 9.17) is 4.74 Å². The topological polar surface area (TPSA) is 69.0 Å². The minimum atomic E-state index is -0.0245. The van der Waals surface area contributed by atoms with Crippen molar-refractivity contribution in [3.05, 3.63) is 42.5 Å². The quantitative estimate of drug-likeness (QED) is 0.717. The second kappa shape index (κ2) is 9.81. The highest BCUT2D eigenvalue weighted by Gasteiger charge is 2.10. The Balaban J connectivity index is 1.71. The van der Waals surface area contributed by atoms with Crippen LogP contribution in [0.3, 0.4) is 0 Å². The van der Waals surface area contributed by atoms with Crippen LogP contribution >= 0.6 is 0 Å². The van der Waals surface area contributed by atoms with E-state index in [1.165, 1.54) is 6.33 Å². The zero-order valence-electron chi connectivity index (χ0n) is 15.3. The highest BCUT2D eigenvalue weighted by Crippen LogP contribution is 2.18. The van der Waals surface area contributed by atoms with Crippen LogP contribution in [0.2, 0.25) is 0 Å². The number of carbonyl (C=O) groups is 1. The van der Waals surface area contributed by atoms with Gasteiger partial charge >= 0.3 is 0 Å². The third-order valence-electron chi connectivity index (χ3n) is 3.98. The van der Waals surface area contributed by atoms with E-state index in [9.17, 15) is 4.79 Å².